The SMILES string of the molecule is CN1CCC(Oc2ccc(-c3n[nH]c4ccc(C(=O)NC(c5ccccn5)C5CC5)cc34)cc2S(C)(=O)=O)CC1. The predicted molar refractivity (Wildman–Crippen MR) is 153 cm³/mol. The molecule has 6 rings (SSSR count). The molecular weight excluding hydrogens is 526 g/mol. The van der Waals surface area contributed by atoms with Crippen LogP contribution in [0, 0.1) is 5.92 Å². The number of ether oxygens (including phenoxy) is 1. The van der Waals surface area contributed by atoms with E-state index in [0.29, 0.717) is 28.5 Å². The summed E-state index contributed by atoms with van der Waals surface area (Å²) in [4.78, 5) is 20.2. The Hall–Kier alpha value is -3.76. The van der Waals surface area contributed by atoms with Gasteiger partial charge in [0.1, 0.15) is 16.7 Å². The highest BCUT2D eigenvalue weighted by Gasteiger charge is 2.34. The molecule has 2 aromatic carbocycles. The van der Waals surface area contributed by atoms with Gasteiger partial charge in [-0.25, -0.2) is 8.42 Å². The van der Waals surface area contributed by atoms with E-state index in [4.69, 9.17) is 4.74 Å². The number of benzene rings is 2. The largest absolute Gasteiger partial charge is 0.489 e. The molecule has 208 valence electrons. The Labute approximate surface area is 233 Å². The van der Waals surface area contributed by atoms with Crippen molar-refractivity contribution >= 4 is 26.6 Å². The maximum absolute atomic E-state index is 13.3. The van der Waals surface area contributed by atoms with Gasteiger partial charge in [-0.05, 0) is 87.2 Å². The topological polar surface area (TPSA) is 117 Å². The maximum Gasteiger partial charge on any atom is 0.251 e. The van der Waals surface area contributed by atoms with Crippen molar-refractivity contribution in [1.29, 1.82) is 0 Å². The summed E-state index contributed by atoms with van der Waals surface area (Å²) in [6.45, 7) is 1.82. The molecule has 0 bridgehead atoms. The quantitative estimate of drug-likeness (QED) is 0.329. The average molecular weight is 560 g/mol. The van der Waals surface area contributed by atoms with Gasteiger partial charge >= 0.3 is 0 Å². The summed E-state index contributed by atoms with van der Waals surface area (Å²) >= 11 is 0. The number of H-pyrrole nitrogens is 1. The van der Waals surface area contributed by atoms with Crippen LogP contribution in [0.25, 0.3) is 22.2 Å². The first-order chi connectivity index (χ1) is 19.3. The Kier molecular flexibility index (Phi) is 7.06. The van der Waals surface area contributed by atoms with Crippen molar-refractivity contribution in [3.05, 3.63) is 72.1 Å². The summed E-state index contributed by atoms with van der Waals surface area (Å²) in [5.74, 6) is 0.563. The number of rotatable bonds is 8. The van der Waals surface area contributed by atoms with Gasteiger partial charge in [0.15, 0.2) is 9.84 Å². The van der Waals surface area contributed by atoms with Gasteiger partial charge in [0, 0.05) is 42.1 Å². The average Bonchev–Trinajstić information content (AvgIpc) is 3.71. The number of aromatic amines is 1. The van der Waals surface area contributed by atoms with Gasteiger partial charge in [-0.2, -0.15) is 5.10 Å². The Morgan fingerprint density at radius 1 is 1.07 bits per heavy atom. The molecular formula is C30H33N5O4S. The van der Waals surface area contributed by atoms with Crippen molar-refractivity contribution < 1.29 is 17.9 Å². The molecule has 1 saturated heterocycles. The predicted octanol–water partition coefficient (Wildman–Crippen LogP) is 4.38. The number of nitrogens with zero attached hydrogens (tertiary/aromatic N) is 3. The molecule has 9 nitrogen and oxygen atoms in total. The number of pyridine rings is 1. The molecule has 2 aliphatic rings. The normalized spacial score (nSPS) is 17.6. The van der Waals surface area contributed by atoms with Crippen molar-refractivity contribution in [2.45, 2.75) is 42.7 Å². The minimum absolute atomic E-state index is 0.0274. The first-order valence-corrected chi connectivity index (χ1v) is 15.5. The minimum atomic E-state index is -3.57. The number of likely N-dealkylation sites (tertiary alicyclic amines) is 1. The minimum Gasteiger partial charge on any atom is -0.489 e. The summed E-state index contributed by atoms with van der Waals surface area (Å²) in [5, 5.41) is 11.4. The zero-order valence-electron chi connectivity index (χ0n) is 22.6. The van der Waals surface area contributed by atoms with E-state index in [2.05, 4.69) is 32.4 Å². The number of fused-ring (bicyclic) bond motifs is 1. The lowest BCUT2D eigenvalue weighted by atomic mass is 10.0. The summed E-state index contributed by atoms with van der Waals surface area (Å²) < 4.78 is 31.7. The monoisotopic (exact) mass is 559 g/mol. The van der Waals surface area contributed by atoms with Crippen LogP contribution in [0.3, 0.4) is 0 Å². The summed E-state index contributed by atoms with van der Waals surface area (Å²) in [6.07, 6.45) is 6.72. The molecule has 2 N–H and O–H groups in total. The van der Waals surface area contributed by atoms with E-state index in [1.165, 1.54) is 6.26 Å². The fraction of sp³-hybridized carbons (Fsp3) is 0.367. The summed E-state index contributed by atoms with van der Waals surface area (Å²) in [7, 11) is -1.50. The third-order valence-electron chi connectivity index (χ3n) is 7.79. The lowest BCUT2D eigenvalue weighted by Gasteiger charge is -2.29. The van der Waals surface area contributed by atoms with E-state index in [1.54, 1.807) is 30.5 Å². The molecule has 0 spiro atoms. The smallest absolute Gasteiger partial charge is 0.251 e. The van der Waals surface area contributed by atoms with Gasteiger partial charge in [0.2, 0.25) is 0 Å². The van der Waals surface area contributed by atoms with Crippen LogP contribution in [-0.4, -0.2) is 66.9 Å². The van der Waals surface area contributed by atoms with E-state index >= 15 is 0 Å². The van der Waals surface area contributed by atoms with Crippen LogP contribution in [0.2, 0.25) is 0 Å². The molecule has 2 fully saturated rings. The van der Waals surface area contributed by atoms with Crippen molar-refractivity contribution in [3.63, 3.8) is 0 Å². The zero-order chi connectivity index (χ0) is 27.9. The lowest BCUT2D eigenvalue weighted by Crippen LogP contribution is -2.35. The Morgan fingerprint density at radius 2 is 1.88 bits per heavy atom. The fourth-order valence-electron chi connectivity index (χ4n) is 5.35. The van der Waals surface area contributed by atoms with E-state index in [-0.39, 0.29) is 22.9 Å². The van der Waals surface area contributed by atoms with Crippen molar-refractivity contribution in [2.24, 2.45) is 5.92 Å². The van der Waals surface area contributed by atoms with Crippen LogP contribution in [0.4, 0.5) is 0 Å². The third kappa shape index (κ3) is 5.59. The van der Waals surface area contributed by atoms with Crippen molar-refractivity contribution in [2.75, 3.05) is 26.4 Å². The lowest BCUT2D eigenvalue weighted by molar-refractivity contribution is 0.0930. The number of carbonyl (C=O) groups is 1. The molecule has 40 heavy (non-hydrogen) atoms. The molecule has 10 heteroatoms. The van der Waals surface area contributed by atoms with Crippen molar-refractivity contribution in [1.82, 2.24) is 25.4 Å². The Balaban J connectivity index is 1.29. The van der Waals surface area contributed by atoms with Crippen LogP contribution < -0.4 is 10.1 Å². The second-order valence-electron chi connectivity index (χ2n) is 10.9. The molecule has 1 atom stereocenters. The Morgan fingerprint density at radius 3 is 2.58 bits per heavy atom. The first kappa shape index (κ1) is 26.5. The van der Waals surface area contributed by atoms with Gasteiger partial charge in [-0.1, -0.05) is 6.07 Å². The molecule has 1 amide bonds. The summed E-state index contributed by atoms with van der Waals surface area (Å²) in [6, 6.07) is 16.2. The molecule has 1 saturated carbocycles. The third-order valence-corrected chi connectivity index (χ3v) is 8.91. The second kappa shape index (κ2) is 10.7. The maximum atomic E-state index is 13.3. The zero-order valence-corrected chi connectivity index (χ0v) is 23.4. The number of nitrogens with one attached hydrogen (secondary N) is 2. The highest BCUT2D eigenvalue weighted by molar-refractivity contribution is 7.90. The van der Waals surface area contributed by atoms with Crippen molar-refractivity contribution in [3.8, 4) is 17.0 Å². The molecule has 0 radical (unpaired) electrons. The number of piperidine rings is 1. The molecule has 1 aliphatic carbocycles. The number of aromatic nitrogens is 3. The van der Waals surface area contributed by atoms with Gasteiger partial charge in [0.05, 0.1) is 22.9 Å². The fourth-order valence-corrected chi connectivity index (χ4v) is 6.17. The molecule has 1 unspecified atom stereocenters. The molecule has 1 aliphatic heterocycles. The van der Waals surface area contributed by atoms with Gasteiger partial charge < -0.3 is 15.0 Å². The number of carbonyl (C=O) groups excluding carboxylic acids is 1. The van der Waals surface area contributed by atoms with E-state index in [0.717, 1.165) is 55.4 Å². The summed E-state index contributed by atoms with van der Waals surface area (Å²) in [5.41, 5.74) is 3.32. The molecule has 4 aromatic rings. The molecule has 2 aromatic heterocycles. The van der Waals surface area contributed by atoms with Gasteiger partial charge in [-0.15, -0.1) is 0 Å². The first-order valence-electron chi connectivity index (χ1n) is 13.7. The number of amides is 1. The molecule has 3 heterocycles. The van der Waals surface area contributed by atoms with E-state index in [9.17, 15) is 13.2 Å². The standard InChI is InChI=1S/C30H33N5O4S/c1-35-15-12-22(13-16-35)39-26-11-9-20(18-27(26)40(2,37)38)28-23-17-21(8-10-24(23)33-34-28)30(36)32-29(19-6-7-19)25-5-3-4-14-31-25/h3-5,8-11,14,17-19,22,29H,6-7,12-13,15-16H2,1-2H3,(H,32,36)(H,33,34). The van der Waals surface area contributed by atoms with E-state index < -0.39 is 9.84 Å². The Bertz CT molecular complexity index is 1640. The highest BCUT2D eigenvalue weighted by atomic mass is 32.2. The van der Waals surface area contributed by atoms with Crippen LogP contribution in [0.15, 0.2) is 65.7 Å². The number of sulfone groups is 1. The highest BCUT2D eigenvalue weighted by Crippen LogP contribution is 2.40. The van der Waals surface area contributed by atoms with Crippen LogP contribution in [-0.2, 0) is 9.84 Å². The number of hydrogen-bond acceptors (Lipinski definition) is 7. The van der Waals surface area contributed by atoms with E-state index in [1.807, 2.05) is 30.3 Å². The van der Waals surface area contributed by atoms with Crippen LogP contribution in [0.1, 0.15) is 47.8 Å². The van der Waals surface area contributed by atoms with Gasteiger partial charge in [0.25, 0.3) is 5.91 Å². The second-order valence-corrected chi connectivity index (χ2v) is 12.9. The number of hydrogen-bond donors (Lipinski definition) is 2. The van der Waals surface area contributed by atoms with Crippen LogP contribution in [0.5, 0.6) is 5.75 Å². The van der Waals surface area contributed by atoms with Crippen LogP contribution >= 0.6 is 0 Å². The van der Waals surface area contributed by atoms with Gasteiger partial charge in [-0.3, -0.25) is 14.9 Å².